The van der Waals surface area contributed by atoms with Gasteiger partial charge < -0.3 is 19.3 Å². The maximum atomic E-state index is 14.0. The van der Waals surface area contributed by atoms with Crippen LogP contribution < -0.4 is 10.0 Å². The summed E-state index contributed by atoms with van der Waals surface area (Å²) < 4.78 is 1.73. The molecule has 3 heterocycles. The zero-order valence-corrected chi connectivity index (χ0v) is 21.4. The number of Topliss-reactive ketones (excluding diaryl/α,β-unsaturated/α-hetero) is 1. The minimum Gasteiger partial charge on any atom is -0.871 e. The van der Waals surface area contributed by atoms with Crippen LogP contribution in [0.3, 0.4) is 0 Å². The zero-order valence-electron chi connectivity index (χ0n) is 21.4. The number of imidazole rings is 1. The standard InChI is InChI=1S/C28H34N4O3/c1-17(2)20-10-12-21(13-11-20)24-22(26(34)28(35)32(24)16-8-14-30(5)6)25(33)23-19(4)29-27-18(3)9-7-15-31(23)27/h7,9-13,15,17,24,33H,8,14,16H2,1-6H3/b25-22+. The summed E-state index contributed by atoms with van der Waals surface area (Å²) in [6.07, 6.45) is 2.51. The summed E-state index contributed by atoms with van der Waals surface area (Å²) in [6, 6.07) is 11.0. The van der Waals surface area contributed by atoms with Crippen molar-refractivity contribution in [1.29, 1.82) is 0 Å². The van der Waals surface area contributed by atoms with Gasteiger partial charge in [0.15, 0.2) is 0 Å². The van der Waals surface area contributed by atoms with Gasteiger partial charge in [-0.1, -0.05) is 49.9 Å². The topological polar surface area (TPSA) is 82.2 Å². The van der Waals surface area contributed by atoms with E-state index in [0.29, 0.717) is 29.5 Å². The molecule has 1 atom stereocenters. The van der Waals surface area contributed by atoms with Crippen molar-refractivity contribution in [1.82, 2.24) is 14.3 Å². The Kier molecular flexibility index (Phi) is 6.81. The Hall–Kier alpha value is -3.45. The van der Waals surface area contributed by atoms with E-state index in [1.54, 1.807) is 22.4 Å². The molecule has 0 radical (unpaired) electrons. The molecular formula is C28H34N4O3. The molecule has 1 fully saturated rings. The van der Waals surface area contributed by atoms with Crippen LogP contribution in [0.25, 0.3) is 11.4 Å². The van der Waals surface area contributed by atoms with Gasteiger partial charge in [-0.15, -0.1) is 0 Å². The summed E-state index contributed by atoms with van der Waals surface area (Å²) >= 11 is 0. The summed E-state index contributed by atoms with van der Waals surface area (Å²) in [5.41, 5.74) is 4.43. The van der Waals surface area contributed by atoms with Gasteiger partial charge in [-0.05, 0) is 42.5 Å². The largest absolute Gasteiger partial charge is 0.871 e. The Morgan fingerprint density at radius 2 is 1.80 bits per heavy atom. The lowest BCUT2D eigenvalue weighted by atomic mass is 9.93. The number of carbonyl (C=O) groups excluding carboxylic acids is 2. The van der Waals surface area contributed by atoms with Crippen molar-refractivity contribution in [2.24, 2.45) is 0 Å². The number of nitrogens with one attached hydrogen (secondary N) is 1. The number of likely N-dealkylation sites (tertiary alicyclic amines) is 1. The molecule has 184 valence electrons. The van der Waals surface area contributed by atoms with Crippen LogP contribution in [0.15, 0.2) is 48.2 Å². The minimum atomic E-state index is -0.716. The highest BCUT2D eigenvalue weighted by Gasteiger charge is 2.44. The summed E-state index contributed by atoms with van der Waals surface area (Å²) in [4.78, 5) is 34.0. The molecule has 1 N–H and O–H groups in total. The maximum absolute atomic E-state index is 14.0. The second-order valence-corrected chi connectivity index (χ2v) is 10.0. The number of amides is 1. The Balaban J connectivity index is 1.88. The quantitative estimate of drug-likeness (QED) is 0.322. The molecule has 1 amide bonds. The van der Waals surface area contributed by atoms with Crippen molar-refractivity contribution in [3.63, 3.8) is 0 Å². The van der Waals surface area contributed by atoms with Crippen molar-refractivity contribution in [3.8, 4) is 0 Å². The lowest BCUT2D eigenvalue weighted by Gasteiger charge is -2.28. The lowest BCUT2D eigenvalue weighted by Crippen LogP contribution is -3.05. The molecule has 4 rings (SSSR count). The SMILES string of the molecule is Cc1nc2c(C)cccn2c1/C([O-])=C1\C(=O)C(=O)N(CCC[NH+](C)C)C1c1ccc(C(C)C)cc1. The third-order valence-corrected chi connectivity index (χ3v) is 6.76. The number of nitrogens with zero attached hydrogens (tertiary/aromatic N) is 3. The molecule has 0 spiro atoms. The summed E-state index contributed by atoms with van der Waals surface area (Å²) in [7, 11) is 4.10. The second kappa shape index (κ2) is 9.66. The van der Waals surface area contributed by atoms with Gasteiger partial charge in [-0.3, -0.25) is 9.59 Å². The van der Waals surface area contributed by atoms with E-state index in [-0.39, 0.29) is 5.57 Å². The van der Waals surface area contributed by atoms with Gasteiger partial charge in [0, 0.05) is 24.7 Å². The third-order valence-electron chi connectivity index (χ3n) is 6.76. The molecule has 2 aromatic heterocycles. The molecule has 7 heteroatoms. The number of quaternary nitrogens is 1. The zero-order chi connectivity index (χ0) is 25.4. The molecule has 1 unspecified atom stereocenters. The molecule has 1 aliphatic heterocycles. The van der Waals surface area contributed by atoms with Crippen molar-refractivity contribution >= 4 is 23.1 Å². The number of aromatic nitrogens is 2. The Labute approximate surface area is 206 Å². The number of pyridine rings is 1. The number of aryl methyl sites for hydroxylation is 2. The average molecular weight is 475 g/mol. The minimum absolute atomic E-state index is 0.0101. The number of benzene rings is 1. The predicted octanol–water partition coefficient (Wildman–Crippen LogP) is 1.83. The van der Waals surface area contributed by atoms with Gasteiger partial charge in [0.2, 0.25) is 5.78 Å². The van der Waals surface area contributed by atoms with E-state index in [1.807, 2.05) is 43.3 Å². The van der Waals surface area contributed by atoms with Crippen LogP contribution >= 0.6 is 0 Å². The van der Waals surface area contributed by atoms with Gasteiger partial charge in [0.1, 0.15) is 5.65 Å². The van der Waals surface area contributed by atoms with E-state index in [1.165, 1.54) is 4.90 Å². The van der Waals surface area contributed by atoms with E-state index < -0.39 is 23.5 Å². The number of hydrogen-bond acceptors (Lipinski definition) is 4. The maximum Gasteiger partial charge on any atom is 0.295 e. The van der Waals surface area contributed by atoms with Crippen LogP contribution in [0, 0.1) is 13.8 Å². The van der Waals surface area contributed by atoms with E-state index >= 15 is 0 Å². The fourth-order valence-electron chi connectivity index (χ4n) is 4.83. The van der Waals surface area contributed by atoms with E-state index in [9.17, 15) is 14.7 Å². The molecule has 1 aromatic carbocycles. The third kappa shape index (κ3) is 4.48. The smallest absolute Gasteiger partial charge is 0.295 e. The normalized spacial score (nSPS) is 17.9. The first-order chi connectivity index (χ1) is 16.6. The summed E-state index contributed by atoms with van der Waals surface area (Å²) in [5, 5.41) is 14.0. The number of fused-ring (bicyclic) bond motifs is 1. The van der Waals surface area contributed by atoms with Gasteiger partial charge in [0.25, 0.3) is 5.91 Å². The highest BCUT2D eigenvalue weighted by Crippen LogP contribution is 2.39. The molecule has 0 aliphatic carbocycles. The van der Waals surface area contributed by atoms with Crippen molar-refractivity contribution in [2.45, 2.75) is 46.1 Å². The van der Waals surface area contributed by atoms with Crippen molar-refractivity contribution in [2.75, 3.05) is 27.2 Å². The summed E-state index contributed by atoms with van der Waals surface area (Å²) in [6.45, 7) is 9.20. The molecule has 1 aliphatic rings. The summed E-state index contributed by atoms with van der Waals surface area (Å²) in [5.74, 6) is -1.41. The van der Waals surface area contributed by atoms with Crippen molar-refractivity contribution < 1.29 is 19.6 Å². The molecule has 1 saturated heterocycles. The van der Waals surface area contributed by atoms with Gasteiger partial charge in [0.05, 0.1) is 38.1 Å². The van der Waals surface area contributed by atoms with Crippen LogP contribution in [-0.4, -0.2) is 53.2 Å². The number of carbonyl (C=O) groups is 2. The van der Waals surface area contributed by atoms with Gasteiger partial charge in [-0.2, -0.15) is 0 Å². The number of hydrogen-bond donors (Lipinski definition) is 1. The van der Waals surface area contributed by atoms with Crippen LogP contribution in [0.2, 0.25) is 0 Å². The monoisotopic (exact) mass is 474 g/mol. The molecule has 35 heavy (non-hydrogen) atoms. The van der Waals surface area contributed by atoms with Crippen molar-refractivity contribution in [3.05, 3.63) is 76.2 Å². The number of ketones is 1. The average Bonchev–Trinajstić information content (AvgIpc) is 3.28. The van der Waals surface area contributed by atoms with E-state index in [4.69, 9.17) is 0 Å². The highest BCUT2D eigenvalue weighted by atomic mass is 16.3. The van der Waals surface area contributed by atoms with Crippen LogP contribution in [0.1, 0.15) is 60.3 Å². The first-order valence-corrected chi connectivity index (χ1v) is 12.2. The Morgan fingerprint density at radius 3 is 2.43 bits per heavy atom. The van der Waals surface area contributed by atoms with Gasteiger partial charge in [-0.25, -0.2) is 4.98 Å². The van der Waals surface area contributed by atoms with Crippen LogP contribution in [0.4, 0.5) is 0 Å². The predicted molar refractivity (Wildman–Crippen MR) is 134 cm³/mol. The lowest BCUT2D eigenvalue weighted by molar-refractivity contribution is -0.858. The molecular weight excluding hydrogens is 440 g/mol. The Morgan fingerprint density at radius 1 is 1.11 bits per heavy atom. The number of rotatable bonds is 7. The van der Waals surface area contributed by atoms with Crippen LogP contribution in [-0.2, 0) is 9.59 Å². The molecule has 0 bridgehead atoms. The molecule has 0 saturated carbocycles. The van der Waals surface area contributed by atoms with Crippen LogP contribution in [0.5, 0.6) is 0 Å². The molecule has 3 aromatic rings. The fraction of sp³-hybridized carbons (Fsp3) is 0.393. The fourth-order valence-corrected chi connectivity index (χ4v) is 4.83. The molecule has 7 nitrogen and oxygen atoms in total. The van der Waals surface area contributed by atoms with E-state index in [0.717, 1.165) is 29.7 Å². The first kappa shape index (κ1) is 24.7. The second-order valence-electron chi connectivity index (χ2n) is 10.0. The highest BCUT2D eigenvalue weighted by molar-refractivity contribution is 6.46. The van der Waals surface area contributed by atoms with E-state index in [2.05, 4.69) is 32.9 Å². The Bertz CT molecular complexity index is 1300. The van der Waals surface area contributed by atoms with Gasteiger partial charge >= 0.3 is 0 Å². The first-order valence-electron chi connectivity index (χ1n) is 12.2.